The van der Waals surface area contributed by atoms with Gasteiger partial charge in [0.1, 0.15) is 0 Å². The molecule has 0 aliphatic carbocycles. The summed E-state index contributed by atoms with van der Waals surface area (Å²) in [5, 5.41) is 3.04. The van der Waals surface area contributed by atoms with Crippen molar-refractivity contribution in [3.8, 4) is 6.01 Å². The van der Waals surface area contributed by atoms with Gasteiger partial charge in [-0.05, 0) is 27.7 Å². The zero-order valence-electron chi connectivity index (χ0n) is 11.3. The minimum Gasteiger partial charge on any atom is -0.461 e. The molecule has 0 saturated heterocycles. The Morgan fingerprint density at radius 1 is 1.22 bits per heavy atom. The Kier molecular flexibility index (Phi) is 5.57. The van der Waals surface area contributed by atoms with E-state index in [2.05, 4.69) is 20.3 Å². The third-order valence-corrected chi connectivity index (χ3v) is 1.97. The molecule has 0 bridgehead atoms. The van der Waals surface area contributed by atoms with E-state index in [1.807, 2.05) is 27.7 Å². The molecule has 0 aliphatic rings. The van der Waals surface area contributed by atoms with Crippen LogP contribution in [0.15, 0.2) is 0 Å². The van der Waals surface area contributed by atoms with Crippen molar-refractivity contribution in [2.24, 2.45) is 0 Å². The third-order valence-electron chi connectivity index (χ3n) is 1.97. The highest BCUT2D eigenvalue weighted by molar-refractivity contribution is 5.32. The molecule has 1 aromatic heterocycles. The quantitative estimate of drug-likeness (QED) is 0.752. The van der Waals surface area contributed by atoms with E-state index >= 15 is 0 Å². The Morgan fingerprint density at radius 2 is 1.94 bits per heavy atom. The van der Waals surface area contributed by atoms with Crippen molar-refractivity contribution in [2.75, 3.05) is 24.2 Å². The van der Waals surface area contributed by atoms with E-state index in [0.29, 0.717) is 19.1 Å². The van der Waals surface area contributed by atoms with Crippen LogP contribution in [0.2, 0.25) is 0 Å². The largest absolute Gasteiger partial charge is 0.461 e. The van der Waals surface area contributed by atoms with Gasteiger partial charge in [-0.1, -0.05) is 0 Å². The van der Waals surface area contributed by atoms with Crippen molar-refractivity contribution in [3.63, 3.8) is 0 Å². The lowest BCUT2D eigenvalue weighted by Gasteiger charge is -2.13. The first kappa shape index (κ1) is 14.4. The van der Waals surface area contributed by atoms with Crippen LogP contribution in [0.5, 0.6) is 6.01 Å². The zero-order chi connectivity index (χ0) is 13.5. The minimum absolute atomic E-state index is 0.0120. The normalized spacial score (nSPS) is 12.5. The van der Waals surface area contributed by atoms with Crippen molar-refractivity contribution in [1.29, 1.82) is 0 Å². The van der Waals surface area contributed by atoms with Gasteiger partial charge in [-0.3, -0.25) is 0 Å². The van der Waals surface area contributed by atoms with Crippen LogP contribution < -0.4 is 15.8 Å². The molecule has 1 aromatic rings. The number of rotatable bonds is 7. The van der Waals surface area contributed by atoms with Crippen molar-refractivity contribution < 1.29 is 9.47 Å². The number of anilines is 2. The fraction of sp³-hybridized carbons (Fsp3) is 0.727. The van der Waals surface area contributed by atoms with Gasteiger partial charge in [0.2, 0.25) is 11.9 Å². The summed E-state index contributed by atoms with van der Waals surface area (Å²) in [7, 11) is 0. The van der Waals surface area contributed by atoms with Crippen LogP contribution in [0.25, 0.3) is 0 Å². The highest BCUT2D eigenvalue weighted by Crippen LogP contribution is 2.10. The molecule has 7 nitrogen and oxygen atoms in total. The maximum absolute atomic E-state index is 5.59. The Bertz CT molecular complexity index is 372. The summed E-state index contributed by atoms with van der Waals surface area (Å²) in [5.74, 6) is 0.525. The van der Waals surface area contributed by atoms with E-state index in [0.717, 1.165) is 0 Å². The second-order valence-corrected chi connectivity index (χ2v) is 4.11. The van der Waals surface area contributed by atoms with E-state index in [4.69, 9.17) is 15.2 Å². The number of hydrogen-bond acceptors (Lipinski definition) is 7. The highest BCUT2D eigenvalue weighted by Gasteiger charge is 2.08. The van der Waals surface area contributed by atoms with Gasteiger partial charge in [-0.25, -0.2) is 0 Å². The van der Waals surface area contributed by atoms with Gasteiger partial charge in [0.25, 0.3) is 0 Å². The summed E-state index contributed by atoms with van der Waals surface area (Å²) in [6.45, 7) is 8.97. The van der Waals surface area contributed by atoms with Gasteiger partial charge in [-0.15, -0.1) is 0 Å². The summed E-state index contributed by atoms with van der Waals surface area (Å²) in [6, 6.07) is 0.226. The number of aromatic nitrogens is 3. The van der Waals surface area contributed by atoms with Crippen molar-refractivity contribution in [1.82, 2.24) is 15.0 Å². The Labute approximate surface area is 107 Å². The van der Waals surface area contributed by atoms with E-state index in [1.165, 1.54) is 0 Å². The molecule has 0 aliphatic heterocycles. The molecule has 7 heteroatoms. The van der Waals surface area contributed by atoms with Crippen LogP contribution in [0, 0.1) is 0 Å². The van der Waals surface area contributed by atoms with Crippen molar-refractivity contribution >= 4 is 11.9 Å². The van der Waals surface area contributed by atoms with Gasteiger partial charge in [0.05, 0.1) is 12.2 Å². The number of nitrogen functional groups attached to an aromatic ring is 1. The maximum Gasteiger partial charge on any atom is 0.323 e. The molecule has 18 heavy (non-hydrogen) atoms. The fourth-order valence-electron chi connectivity index (χ4n) is 1.29. The molecule has 3 N–H and O–H groups in total. The topological polar surface area (TPSA) is 95.2 Å². The van der Waals surface area contributed by atoms with Gasteiger partial charge in [0.15, 0.2) is 0 Å². The predicted octanol–water partition coefficient (Wildman–Crippen LogP) is 1.08. The molecule has 0 fully saturated rings. The molecule has 0 radical (unpaired) electrons. The van der Waals surface area contributed by atoms with Crippen molar-refractivity contribution in [3.05, 3.63) is 0 Å². The number of hydrogen-bond donors (Lipinski definition) is 2. The summed E-state index contributed by atoms with van der Waals surface area (Å²) >= 11 is 0. The molecule has 0 saturated carbocycles. The Balaban J connectivity index is 2.62. The number of nitrogens with one attached hydrogen (secondary N) is 1. The zero-order valence-corrected chi connectivity index (χ0v) is 11.3. The SMILES string of the molecule is CCOC(C)CNc1nc(N)nc(OC(C)C)n1. The first-order valence-corrected chi connectivity index (χ1v) is 6.05. The fourth-order valence-corrected chi connectivity index (χ4v) is 1.29. The van der Waals surface area contributed by atoms with Crippen LogP contribution in [0.3, 0.4) is 0 Å². The average Bonchev–Trinajstić information content (AvgIpc) is 2.25. The molecular weight excluding hydrogens is 234 g/mol. The standard InChI is InChI=1S/C11H21N5O2/c1-5-17-8(4)6-13-10-14-9(12)15-11(16-10)18-7(2)3/h7-8H,5-6H2,1-4H3,(H3,12,13,14,15,16). The molecule has 1 heterocycles. The molecule has 102 valence electrons. The number of nitrogens with zero attached hydrogens (tertiary/aromatic N) is 3. The number of nitrogens with two attached hydrogens (primary N) is 1. The molecule has 1 rings (SSSR count). The molecule has 0 amide bonds. The molecule has 1 atom stereocenters. The summed E-state index contributed by atoms with van der Waals surface area (Å²) < 4.78 is 10.8. The predicted molar refractivity (Wildman–Crippen MR) is 69.6 cm³/mol. The molecular formula is C11H21N5O2. The Morgan fingerprint density at radius 3 is 2.56 bits per heavy atom. The van der Waals surface area contributed by atoms with Gasteiger partial charge < -0.3 is 20.5 Å². The van der Waals surface area contributed by atoms with E-state index < -0.39 is 0 Å². The van der Waals surface area contributed by atoms with Crippen LogP contribution in [-0.4, -0.2) is 40.3 Å². The monoisotopic (exact) mass is 255 g/mol. The van der Waals surface area contributed by atoms with Crippen LogP contribution in [-0.2, 0) is 4.74 Å². The van der Waals surface area contributed by atoms with Crippen LogP contribution in [0.1, 0.15) is 27.7 Å². The number of ether oxygens (including phenoxy) is 2. The van der Waals surface area contributed by atoms with E-state index in [9.17, 15) is 0 Å². The van der Waals surface area contributed by atoms with Crippen molar-refractivity contribution in [2.45, 2.75) is 39.9 Å². The lowest BCUT2D eigenvalue weighted by atomic mass is 10.4. The lowest BCUT2D eigenvalue weighted by Crippen LogP contribution is -2.21. The van der Waals surface area contributed by atoms with Gasteiger partial charge >= 0.3 is 6.01 Å². The molecule has 1 unspecified atom stereocenters. The van der Waals surface area contributed by atoms with E-state index in [1.54, 1.807) is 0 Å². The lowest BCUT2D eigenvalue weighted by molar-refractivity contribution is 0.0854. The van der Waals surface area contributed by atoms with Crippen LogP contribution in [0.4, 0.5) is 11.9 Å². The van der Waals surface area contributed by atoms with Gasteiger partial charge in [-0.2, -0.15) is 15.0 Å². The van der Waals surface area contributed by atoms with E-state index in [-0.39, 0.29) is 24.2 Å². The molecule has 0 aromatic carbocycles. The first-order chi connectivity index (χ1) is 8.51. The Hall–Kier alpha value is -1.63. The third kappa shape index (κ3) is 5.13. The van der Waals surface area contributed by atoms with Gasteiger partial charge in [0, 0.05) is 13.2 Å². The summed E-state index contributed by atoms with van der Waals surface area (Å²) in [6.07, 6.45) is 0.0597. The van der Waals surface area contributed by atoms with Crippen LogP contribution >= 0.6 is 0 Å². The smallest absolute Gasteiger partial charge is 0.323 e. The first-order valence-electron chi connectivity index (χ1n) is 6.05. The second kappa shape index (κ2) is 6.95. The minimum atomic E-state index is -0.0120. The average molecular weight is 255 g/mol. The molecule has 0 spiro atoms. The summed E-state index contributed by atoms with van der Waals surface area (Å²) in [5.41, 5.74) is 5.59. The maximum atomic E-state index is 5.59. The second-order valence-electron chi connectivity index (χ2n) is 4.11. The summed E-state index contributed by atoms with van der Waals surface area (Å²) in [4.78, 5) is 12.0. The highest BCUT2D eigenvalue weighted by atomic mass is 16.5.